The van der Waals surface area contributed by atoms with Gasteiger partial charge in [-0.15, -0.1) is 0 Å². The Morgan fingerprint density at radius 1 is 1.33 bits per heavy atom. The number of aromatic carboxylic acids is 1. The molecule has 5 nitrogen and oxygen atoms in total. The van der Waals surface area contributed by atoms with Crippen LogP contribution in [0, 0.1) is 6.92 Å². The monoisotopic (exact) mass is 304 g/mol. The number of carbonyl (C=O) groups excluding carboxylic acids is 1. The van der Waals surface area contributed by atoms with E-state index in [1.807, 2.05) is 0 Å². The molecule has 116 valence electrons. The van der Waals surface area contributed by atoms with Crippen molar-refractivity contribution in [3.05, 3.63) is 29.3 Å². The zero-order valence-electron chi connectivity index (χ0n) is 11.4. The third kappa shape index (κ3) is 5.72. The van der Waals surface area contributed by atoms with Crippen LogP contribution in [-0.2, 0) is 0 Å². The summed E-state index contributed by atoms with van der Waals surface area (Å²) in [6.07, 6.45) is -5.55. The Labute approximate surface area is 119 Å². The first kappa shape index (κ1) is 16.8. The smallest absolute Gasteiger partial charge is 0.391 e. The van der Waals surface area contributed by atoms with Crippen molar-refractivity contribution < 1.29 is 27.9 Å². The quantitative estimate of drug-likeness (QED) is 0.799. The van der Waals surface area contributed by atoms with Crippen molar-refractivity contribution in [1.29, 1.82) is 0 Å². The SMILES string of the molecule is Cc1ccc(NC(=O)NC(C)CC(F)(F)F)c(C(=O)O)c1. The number of nitrogens with one attached hydrogen (secondary N) is 2. The van der Waals surface area contributed by atoms with Crippen molar-refractivity contribution in [3.63, 3.8) is 0 Å². The van der Waals surface area contributed by atoms with Gasteiger partial charge >= 0.3 is 18.2 Å². The molecule has 0 saturated heterocycles. The lowest BCUT2D eigenvalue weighted by Crippen LogP contribution is -2.38. The number of hydrogen-bond acceptors (Lipinski definition) is 2. The average Bonchev–Trinajstić information content (AvgIpc) is 2.28. The number of rotatable bonds is 4. The highest BCUT2D eigenvalue weighted by Gasteiger charge is 2.30. The minimum absolute atomic E-state index is 0.0183. The Bertz CT molecular complexity index is 544. The first-order chi connectivity index (χ1) is 9.58. The zero-order chi connectivity index (χ0) is 16.2. The van der Waals surface area contributed by atoms with Crippen molar-refractivity contribution >= 4 is 17.7 Å². The van der Waals surface area contributed by atoms with Crippen LogP contribution in [0.4, 0.5) is 23.7 Å². The molecule has 0 aromatic heterocycles. The minimum atomic E-state index is -4.39. The number of aryl methyl sites for hydroxylation is 1. The molecule has 1 unspecified atom stereocenters. The Kier molecular flexibility index (Phi) is 5.17. The first-order valence-electron chi connectivity index (χ1n) is 6.06. The number of carboxylic acid groups (broad SMARTS) is 1. The van der Waals surface area contributed by atoms with E-state index < -0.39 is 30.6 Å². The Hall–Kier alpha value is -2.25. The Balaban J connectivity index is 2.73. The number of alkyl halides is 3. The highest BCUT2D eigenvalue weighted by molar-refractivity contribution is 6.00. The maximum Gasteiger partial charge on any atom is 0.391 e. The molecular weight excluding hydrogens is 289 g/mol. The molecule has 0 aliphatic carbocycles. The van der Waals surface area contributed by atoms with Crippen LogP contribution >= 0.6 is 0 Å². The predicted molar refractivity (Wildman–Crippen MR) is 70.4 cm³/mol. The number of halogens is 3. The lowest BCUT2D eigenvalue weighted by Gasteiger charge is -2.17. The number of carboxylic acids is 1. The number of amides is 2. The molecule has 0 heterocycles. The molecule has 3 N–H and O–H groups in total. The van der Waals surface area contributed by atoms with Gasteiger partial charge < -0.3 is 15.7 Å². The molecule has 0 aliphatic rings. The summed E-state index contributed by atoms with van der Waals surface area (Å²) in [6, 6.07) is 2.31. The van der Waals surface area contributed by atoms with E-state index in [2.05, 4.69) is 10.6 Å². The molecule has 8 heteroatoms. The fraction of sp³-hybridized carbons (Fsp3) is 0.385. The minimum Gasteiger partial charge on any atom is -0.478 e. The van der Waals surface area contributed by atoms with Gasteiger partial charge in [-0.25, -0.2) is 9.59 Å². The molecule has 0 fully saturated rings. The van der Waals surface area contributed by atoms with E-state index in [-0.39, 0.29) is 11.3 Å². The third-order valence-electron chi connectivity index (χ3n) is 2.57. The summed E-state index contributed by atoms with van der Waals surface area (Å²) in [5.41, 5.74) is 0.572. The van der Waals surface area contributed by atoms with E-state index in [4.69, 9.17) is 5.11 Å². The fourth-order valence-corrected chi connectivity index (χ4v) is 1.72. The van der Waals surface area contributed by atoms with Crippen molar-refractivity contribution in [2.45, 2.75) is 32.5 Å². The molecule has 0 bridgehead atoms. The van der Waals surface area contributed by atoms with Crippen molar-refractivity contribution in [3.8, 4) is 0 Å². The van der Waals surface area contributed by atoms with Gasteiger partial charge in [0, 0.05) is 6.04 Å². The summed E-state index contributed by atoms with van der Waals surface area (Å²) in [5.74, 6) is -1.24. The summed E-state index contributed by atoms with van der Waals surface area (Å²) < 4.78 is 36.4. The highest BCUT2D eigenvalue weighted by atomic mass is 19.4. The molecule has 0 radical (unpaired) electrons. The lowest BCUT2D eigenvalue weighted by atomic mass is 10.1. The van der Waals surface area contributed by atoms with E-state index in [0.29, 0.717) is 5.56 Å². The first-order valence-corrected chi connectivity index (χ1v) is 6.06. The second kappa shape index (κ2) is 6.47. The Morgan fingerprint density at radius 3 is 2.48 bits per heavy atom. The molecule has 2 amide bonds. The van der Waals surface area contributed by atoms with Gasteiger partial charge in [0.25, 0.3) is 0 Å². The molecular formula is C13H15F3N2O3. The Morgan fingerprint density at radius 2 is 1.95 bits per heavy atom. The van der Waals surface area contributed by atoms with Crippen molar-refractivity contribution in [2.24, 2.45) is 0 Å². The molecule has 1 rings (SSSR count). The maximum atomic E-state index is 12.1. The molecule has 21 heavy (non-hydrogen) atoms. The highest BCUT2D eigenvalue weighted by Crippen LogP contribution is 2.21. The van der Waals surface area contributed by atoms with Crippen LogP contribution in [0.2, 0.25) is 0 Å². The number of anilines is 1. The van der Waals surface area contributed by atoms with E-state index in [0.717, 1.165) is 0 Å². The van der Waals surface area contributed by atoms with Gasteiger partial charge in [0.2, 0.25) is 0 Å². The van der Waals surface area contributed by atoms with Crippen molar-refractivity contribution in [2.75, 3.05) is 5.32 Å². The summed E-state index contributed by atoms with van der Waals surface area (Å²) in [4.78, 5) is 22.6. The maximum absolute atomic E-state index is 12.1. The van der Waals surface area contributed by atoms with Crippen molar-refractivity contribution in [1.82, 2.24) is 5.32 Å². The van der Waals surface area contributed by atoms with Crippen LogP contribution in [0.3, 0.4) is 0 Å². The molecule has 0 aliphatic heterocycles. The standard InChI is InChI=1S/C13H15F3N2O3/c1-7-3-4-10(9(5-7)11(19)20)18-12(21)17-8(2)6-13(14,15)16/h3-5,8H,6H2,1-2H3,(H,19,20)(H2,17,18,21). The van der Waals surface area contributed by atoms with Gasteiger partial charge in [-0.2, -0.15) is 13.2 Å². The van der Waals surface area contributed by atoms with Crippen LogP contribution in [0.25, 0.3) is 0 Å². The summed E-state index contributed by atoms with van der Waals surface area (Å²) in [6.45, 7) is 2.89. The fourth-order valence-electron chi connectivity index (χ4n) is 1.72. The molecule has 1 aromatic rings. The van der Waals surface area contributed by atoms with Gasteiger partial charge in [-0.05, 0) is 26.0 Å². The number of urea groups is 1. The van der Waals surface area contributed by atoms with Crippen LogP contribution < -0.4 is 10.6 Å². The largest absolute Gasteiger partial charge is 0.478 e. The van der Waals surface area contributed by atoms with E-state index in [9.17, 15) is 22.8 Å². The normalized spacial score (nSPS) is 12.6. The van der Waals surface area contributed by atoms with Crippen LogP contribution in [0.15, 0.2) is 18.2 Å². The molecule has 1 aromatic carbocycles. The third-order valence-corrected chi connectivity index (χ3v) is 2.57. The molecule has 0 saturated carbocycles. The second-order valence-electron chi connectivity index (χ2n) is 4.67. The summed E-state index contributed by atoms with van der Waals surface area (Å²) in [7, 11) is 0. The van der Waals surface area contributed by atoms with Gasteiger partial charge in [0.15, 0.2) is 0 Å². The number of benzene rings is 1. The van der Waals surface area contributed by atoms with E-state index in [1.54, 1.807) is 13.0 Å². The van der Waals surface area contributed by atoms with E-state index >= 15 is 0 Å². The molecule has 1 atom stereocenters. The van der Waals surface area contributed by atoms with Gasteiger partial charge in [-0.3, -0.25) is 0 Å². The lowest BCUT2D eigenvalue weighted by molar-refractivity contribution is -0.138. The van der Waals surface area contributed by atoms with Crippen LogP contribution in [-0.4, -0.2) is 29.3 Å². The zero-order valence-corrected chi connectivity index (χ0v) is 11.4. The topological polar surface area (TPSA) is 78.4 Å². The van der Waals surface area contributed by atoms with Crippen LogP contribution in [0.5, 0.6) is 0 Å². The van der Waals surface area contributed by atoms with Gasteiger partial charge in [0.05, 0.1) is 17.7 Å². The van der Waals surface area contributed by atoms with Crippen LogP contribution in [0.1, 0.15) is 29.3 Å². The number of hydrogen-bond donors (Lipinski definition) is 3. The second-order valence-corrected chi connectivity index (χ2v) is 4.67. The molecule has 0 spiro atoms. The summed E-state index contributed by atoms with van der Waals surface area (Å²) >= 11 is 0. The predicted octanol–water partition coefficient (Wildman–Crippen LogP) is 3.16. The van der Waals surface area contributed by atoms with E-state index in [1.165, 1.54) is 19.1 Å². The summed E-state index contributed by atoms with van der Waals surface area (Å²) in [5, 5.41) is 13.4. The number of carbonyl (C=O) groups is 2. The van der Waals surface area contributed by atoms with Gasteiger partial charge in [0.1, 0.15) is 0 Å². The van der Waals surface area contributed by atoms with Gasteiger partial charge in [-0.1, -0.05) is 11.6 Å². The average molecular weight is 304 g/mol.